The molecule has 0 radical (unpaired) electrons. The molecule has 0 aliphatic heterocycles. The molecule has 0 aliphatic rings. The number of carbonyl (C=O) groups is 1. The highest BCUT2D eigenvalue weighted by Gasteiger charge is 2.05. The van der Waals surface area contributed by atoms with Gasteiger partial charge in [-0.25, -0.2) is 5.43 Å². The maximum absolute atomic E-state index is 11.8. The monoisotopic (exact) mass is 254 g/mol. The number of phenolic OH excluding ortho intramolecular Hbond substituents is 1. The molecule has 4 heteroatoms. The van der Waals surface area contributed by atoms with Crippen LogP contribution in [0.2, 0.25) is 0 Å². The van der Waals surface area contributed by atoms with E-state index >= 15 is 0 Å². The predicted molar refractivity (Wildman–Crippen MR) is 74.3 cm³/mol. The second kappa shape index (κ2) is 5.82. The Morgan fingerprint density at radius 3 is 2.53 bits per heavy atom. The summed E-state index contributed by atoms with van der Waals surface area (Å²) >= 11 is 0. The third kappa shape index (κ3) is 3.42. The minimum absolute atomic E-state index is 0.195. The second-order valence-corrected chi connectivity index (χ2v) is 4.11. The minimum atomic E-state index is -0.242. The van der Waals surface area contributed by atoms with E-state index in [2.05, 4.69) is 10.5 Å². The third-order valence-electron chi connectivity index (χ3n) is 2.66. The number of phenols is 1. The van der Waals surface area contributed by atoms with Gasteiger partial charge in [0.1, 0.15) is 5.75 Å². The van der Waals surface area contributed by atoms with Crippen molar-refractivity contribution < 1.29 is 9.90 Å². The molecule has 96 valence electrons. The largest absolute Gasteiger partial charge is 0.508 e. The van der Waals surface area contributed by atoms with E-state index in [1.165, 1.54) is 6.21 Å². The van der Waals surface area contributed by atoms with Gasteiger partial charge in [0.25, 0.3) is 5.91 Å². The highest BCUT2D eigenvalue weighted by atomic mass is 16.3. The van der Waals surface area contributed by atoms with E-state index in [0.29, 0.717) is 5.56 Å². The van der Waals surface area contributed by atoms with Gasteiger partial charge in [-0.05, 0) is 48.4 Å². The van der Waals surface area contributed by atoms with Crippen LogP contribution in [0.1, 0.15) is 21.5 Å². The summed E-state index contributed by atoms with van der Waals surface area (Å²) in [5.74, 6) is -0.0470. The molecule has 0 unspecified atom stereocenters. The molecule has 2 N–H and O–H groups in total. The zero-order valence-corrected chi connectivity index (χ0v) is 10.5. The predicted octanol–water partition coefficient (Wildman–Crippen LogP) is 2.46. The topological polar surface area (TPSA) is 61.7 Å². The van der Waals surface area contributed by atoms with Crippen molar-refractivity contribution in [2.24, 2.45) is 5.10 Å². The molecule has 0 saturated heterocycles. The van der Waals surface area contributed by atoms with Gasteiger partial charge in [-0.3, -0.25) is 4.79 Å². The summed E-state index contributed by atoms with van der Waals surface area (Å²) in [6.07, 6.45) is 1.52. The number of hydrogen-bond donors (Lipinski definition) is 2. The van der Waals surface area contributed by atoms with Crippen LogP contribution < -0.4 is 5.43 Å². The summed E-state index contributed by atoms with van der Waals surface area (Å²) in [6, 6.07) is 13.9. The molecule has 2 aromatic rings. The molecule has 0 heterocycles. The van der Waals surface area contributed by atoms with Gasteiger partial charge in [0.15, 0.2) is 0 Å². The number of rotatable bonds is 3. The third-order valence-corrected chi connectivity index (χ3v) is 2.66. The van der Waals surface area contributed by atoms with Gasteiger partial charge in [-0.1, -0.05) is 18.2 Å². The van der Waals surface area contributed by atoms with Crippen LogP contribution in [0.5, 0.6) is 5.75 Å². The number of hydrogen-bond acceptors (Lipinski definition) is 3. The SMILES string of the molecule is Cc1ccccc1C(=O)N/N=C\c1ccc(O)cc1. The first-order valence-electron chi connectivity index (χ1n) is 5.85. The molecule has 0 aromatic heterocycles. The average Bonchev–Trinajstić information content (AvgIpc) is 2.41. The zero-order chi connectivity index (χ0) is 13.7. The van der Waals surface area contributed by atoms with Crippen molar-refractivity contribution in [3.05, 3.63) is 65.2 Å². The van der Waals surface area contributed by atoms with Crippen molar-refractivity contribution in [2.45, 2.75) is 6.92 Å². The zero-order valence-electron chi connectivity index (χ0n) is 10.5. The van der Waals surface area contributed by atoms with Crippen LogP contribution in [0.4, 0.5) is 0 Å². The molecule has 0 fully saturated rings. The molecular weight excluding hydrogens is 240 g/mol. The molecule has 4 nitrogen and oxygen atoms in total. The van der Waals surface area contributed by atoms with Crippen LogP contribution in [-0.2, 0) is 0 Å². The van der Waals surface area contributed by atoms with Crippen LogP contribution in [0, 0.1) is 6.92 Å². The van der Waals surface area contributed by atoms with Gasteiger partial charge in [0.05, 0.1) is 6.21 Å². The number of benzene rings is 2. The maximum Gasteiger partial charge on any atom is 0.271 e. The van der Waals surface area contributed by atoms with Gasteiger partial charge in [-0.15, -0.1) is 0 Å². The number of aryl methyl sites for hydroxylation is 1. The van der Waals surface area contributed by atoms with Gasteiger partial charge in [-0.2, -0.15) is 5.10 Å². The van der Waals surface area contributed by atoms with E-state index in [1.54, 1.807) is 30.3 Å². The van der Waals surface area contributed by atoms with Crippen LogP contribution in [0.3, 0.4) is 0 Å². The summed E-state index contributed by atoms with van der Waals surface area (Å²) in [4.78, 5) is 11.8. The molecule has 0 aliphatic carbocycles. The van der Waals surface area contributed by atoms with E-state index in [0.717, 1.165) is 11.1 Å². The van der Waals surface area contributed by atoms with E-state index in [4.69, 9.17) is 5.11 Å². The molecule has 0 atom stereocenters. The van der Waals surface area contributed by atoms with Crippen LogP contribution in [0.25, 0.3) is 0 Å². The standard InChI is InChI=1S/C15H14N2O2/c1-11-4-2-3-5-14(11)15(19)17-16-10-12-6-8-13(18)9-7-12/h2-10,18H,1H3,(H,17,19)/b16-10-. The summed E-state index contributed by atoms with van der Waals surface area (Å²) < 4.78 is 0. The molecule has 0 saturated carbocycles. The van der Waals surface area contributed by atoms with Crippen molar-refractivity contribution in [2.75, 3.05) is 0 Å². The first-order valence-corrected chi connectivity index (χ1v) is 5.85. The van der Waals surface area contributed by atoms with Crippen LogP contribution in [-0.4, -0.2) is 17.2 Å². The van der Waals surface area contributed by atoms with Gasteiger partial charge in [0.2, 0.25) is 0 Å². The number of amides is 1. The Morgan fingerprint density at radius 2 is 1.84 bits per heavy atom. The Hall–Kier alpha value is -2.62. The van der Waals surface area contributed by atoms with E-state index in [1.807, 2.05) is 25.1 Å². The molecular formula is C15H14N2O2. The Labute approximate surface area is 111 Å². The molecule has 0 spiro atoms. The second-order valence-electron chi connectivity index (χ2n) is 4.11. The number of aromatic hydroxyl groups is 1. The lowest BCUT2D eigenvalue weighted by atomic mass is 10.1. The van der Waals surface area contributed by atoms with Crippen molar-refractivity contribution >= 4 is 12.1 Å². The van der Waals surface area contributed by atoms with E-state index in [9.17, 15) is 4.79 Å². The number of hydrazone groups is 1. The van der Waals surface area contributed by atoms with E-state index < -0.39 is 0 Å². The maximum atomic E-state index is 11.8. The molecule has 2 rings (SSSR count). The Morgan fingerprint density at radius 1 is 1.16 bits per heavy atom. The Bertz CT molecular complexity index is 604. The number of nitrogens with one attached hydrogen (secondary N) is 1. The lowest BCUT2D eigenvalue weighted by molar-refractivity contribution is 0.0954. The number of carbonyl (C=O) groups excluding carboxylic acids is 1. The van der Waals surface area contributed by atoms with Crippen molar-refractivity contribution in [3.63, 3.8) is 0 Å². The number of nitrogens with zero attached hydrogens (tertiary/aromatic N) is 1. The molecule has 0 bridgehead atoms. The quantitative estimate of drug-likeness (QED) is 0.653. The normalized spacial score (nSPS) is 10.6. The lowest BCUT2D eigenvalue weighted by Crippen LogP contribution is -2.18. The first kappa shape index (κ1) is 12.8. The summed E-state index contributed by atoms with van der Waals surface area (Å²) in [7, 11) is 0. The summed E-state index contributed by atoms with van der Waals surface area (Å²) in [5, 5.41) is 13.0. The van der Waals surface area contributed by atoms with Crippen LogP contribution >= 0.6 is 0 Å². The molecule has 19 heavy (non-hydrogen) atoms. The fourth-order valence-electron chi connectivity index (χ4n) is 1.61. The van der Waals surface area contributed by atoms with Crippen molar-refractivity contribution in [3.8, 4) is 5.75 Å². The molecule has 2 aromatic carbocycles. The molecule has 1 amide bonds. The highest BCUT2D eigenvalue weighted by Crippen LogP contribution is 2.08. The van der Waals surface area contributed by atoms with Crippen LogP contribution in [0.15, 0.2) is 53.6 Å². The smallest absolute Gasteiger partial charge is 0.271 e. The Balaban J connectivity index is 2.01. The first-order chi connectivity index (χ1) is 9.16. The van der Waals surface area contributed by atoms with Gasteiger partial charge < -0.3 is 5.11 Å². The fourth-order valence-corrected chi connectivity index (χ4v) is 1.61. The van der Waals surface area contributed by atoms with Gasteiger partial charge >= 0.3 is 0 Å². The summed E-state index contributed by atoms with van der Waals surface area (Å²) in [5.41, 5.74) is 4.77. The average molecular weight is 254 g/mol. The minimum Gasteiger partial charge on any atom is -0.508 e. The van der Waals surface area contributed by atoms with Crippen molar-refractivity contribution in [1.29, 1.82) is 0 Å². The van der Waals surface area contributed by atoms with E-state index in [-0.39, 0.29) is 11.7 Å². The lowest BCUT2D eigenvalue weighted by Gasteiger charge is -2.02. The van der Waals surface area contributed by atoms with Crippen molar-refractivity contribution in [1.82, 2.24) is 5.43 Å². The van der Waals surface area contributed by atoms with Gasteiger partial charge in [0, 0.05) is 5.56 Å². The Kier molecular flexibility index (Phi) is 3.93. The summed E-state index contributed by atoms with van der Waals surface area (Å²) in [6.45, 7) is 1.87. The highest BCUT2D eigenvalue weighted by molar-refractivity contribution is 5.96. The fraction of sp³-hybridized carbons (Fsp3) is 0.0667.